The first-order valence-electron chi connectivity index (χ1n) is 10.3. The Labute approximate surface area is 169 Å². The van der Waals surface area contributed by atoms with Gasteiger partial charge in [-0.3, -0.25) is 10.3 Å². The van der Waals surface area contributed by atoms with E-state index in [9.17, 15) is 0 Å². The average molecular weight is 389 g/mol. The SMILES string of the molecule is CCC(=C\N/N=C\C=C\N1CCNCC1)/N=C(\C=N)N1CCN(C(C)C)CC1. The molecule has 8 heteroatoms. The van der Waals surface area contributed by atoms with Crippen LogP contribution in [0.5, 0.6) is 0 Å². The second-order valence-electron chi connectivity index (χ2n) is 7.26. The highest BCUT2D eigenvalue weighted by Crippen LogP contribution is 2.09. The van der Waals surface area contributed by atoms with Crippen LogP contribution in [-0.2, 0) is 0 Å². The largest absolute Gasteiger partial charge is 0.375 e. The maximum Gasteiger partial charge on any atom is 0.146 e. The van der Waals surface area contributed by atoms with E-state index in [0.717, 1.165) is 70.3 Å². The molecule has 0 bridgehead atoms. The van der Waals surface area contributed by atoms with Crippen LogP contribution in [0, 0.1) is 5.41 Å². The first-order chi connectivity index (χ1) is 13.6. The van der Waals surface area contributed by atoms with Crippen LogP contribution in [-0.4, -0.2) is 91.4 Å². The number of amidine groups is 1. The summed E-state index contributed by atoms with van der Waals surface area (Å²) in [6.07, 6.45) is 9.70. The summed E-state index contributed by atoms with van der Waals surface area (Å²) < 4.78 is 0. The monoisotopic (exact) mass is 388 g/mol. The van der Waals surface area contributed by atoms with Crippen molar-refractivity contribution in [3.63, 3.8) is 0 Å². The van der Waals surface area contributed by atoms with E-state index in [1.807, 2.05) is 12.3 Å². The van der Waals surface area contributed by atoms with Crippen LogP contribution in [0.15, 0.2) is 34.3 Å². The minimum absolute atomic E-state index is 0.566. The molecule has 156 valence electrons. The maximum atomic E-state index is 7.76. The third-order valence-corrected chi connectivity index (χ3v) is 5.03. The molecule has 0 saturated carbocycles. The Balaban J connectivity index is 1.84. The van der Waals surface area contributed by atoms with Crippen LogP contribution in [0.1, 0.15) is 27.2 Å². The third-order valence-electron chi connectivity index (χ3n) is 5.03. The molecule has 2 aliphatic rings. The van der Waals surface area contributed by atoms with E-state index in [1.165, 1.54) is 6.21 Å². The summed E-state index contributed by atoms with van der Waals surface area (Å²) in [5.41, 5.74) is 3.83. The number of hydrazone groups is 1. The number of aliphatic imine (C=N–C) groups is 1. The molecule has 2 saturated heterocycles. The van der Waals surface area contributed by atoms with Crippen molar-refractivity contribution in [3.05, 3.63) is 24.2 Å². The highest BCUT2D eigenvalue weighted by molar-refractivity contribution is 6.28. The topological polar surface area (TPSA) is 82.3 Å². The third kappa shape index (κ3) is 7.44. The molecule has 0 unspecified atom stereocenters. The number of nitrogens with one attached hydrogen (secondary N) is 3. The fourth-order valence-corrected chi connectivity index (χ4v) is 3.21. The van der Waals surface area contributed by atoms with E-state index in [2.05, 4.69) is 62.5 Å². The van der Waals surface area contributed by atoms with Crippen molar-refractivity contribution >= 4 is 18.3 Å². The number of nitrogens with zero attached hydrogens (tertiary/aromatic N) is 5. The van der Waals surface area contributed by atoms with Crippen molar-refractivity contribution in [2.75, 3.05) is 52.4 Å². The van der Waals surface area contributed by atoms with E-state index in [1.54, 1.807) is 6.21 Å². The van der Waals surface area contributed by atoms with E-state index < -0.39 is 0 Å². The average Bonchev–Trinajstić information content (AvgIpc) is 2.73. The lowest BCUT2D eigenvalue weighted by atomic mass is 10.2. The Morgan fingerprint density at radius 3 is 2.46 bits per heavy atom. The maximum absolute atomic E-state index is 7.76. The van der Waals surface area contributed by atoms with Gasteiger partial charge >= 0.3 is 0 Å². The molecule has 0 spiro atoms. The van der Waals surface area contributed by atoms with Gasteiger partial charge in [-0.2, -0.15) is 5.10 Å². The van der Waals surface area contributed by atoms with Gasteiger partial charge in [-0.25, -0.2) is 4.99 Å². The summed E-state index contributed by atoms with van der Waals surface area (Å²) >= 11 is 0. The standard InChI is InChI=1S/C20H36N8/c1-4-19(17-24-23-6-5-9-26-10-7-22-8-11-26)25-20(16-21)28-14-12-27(13-15-28)18(2)3/h5-6,9,16-18,21-22,24H,4,7-8,10-15H2,1-3H3/b9-5+,19-17+,21-16?,23-6-,25-20+. The molecule has 0 aromatic rings. The molecule has 0 aromatic heterocycles. The highest BCUT2D eigenvalue weighted by atomic mass is 15.3. The number of rotatable bonds is 8. The summed E-state index contributed by atoms with van der Waals surface area (Å²) in [5.74, 6) is 0.723. The Morgan fingerprint density at radius 1 is 1.14 bits per heavy atom. The van der Waals surface area contributed by atoms with Gasteiger partial charge < -0.3 is 20.5 Å². The molecule has 0 radical (unpaired) electrons. The number of hydrogen-bond donors (Lipinski definition) is 3. The van der Waals surface area contributed by atoms with Gasteiger partial charge in [-0.05, 0) is 26.3 Å². The second kappa shape index (κ2) is 12.3. The Kier molecular flexibility index (Phi) is 9.71. The van der Waals surface area contributed by atoms with E-state index in [0.29, 0.717) is 6.04 Å². The molecule has 2 aliphatic heterocycles. The van der Waals surface area contributed by atoms with Crippen molar-refractivity contribution in [1.82, 2.24) is 25.4 Å². The van der Waals surface area contributed by atoms with Gasteiger partial charge in [0.1, 0.15) is 5.84 Å². The zero-order valence-corrected chi connectivity index (χ0v) is 17.6. The van der Waals surface area contributed by atoms with Gasteiger partial charge in [0, 0.05) is 77.0 Å². The molecular formula is C20H36N8. The van der Waals surface area contributed by atoms with Crippen LogP contribution < -0.4 is 10.7 Å². The van der Waals surface area contributed by atoms with Crippen LogP contribution in [0.2, 0.25) is 0 Å². The molecule has 3 N–H and O–H groups in total. The number of allylic oxidation sites excluding steroid dienone is 2. The smallest absolute Gasteiger partial charge is 0.146 e. The van der Waals surface area contributed by atoms with Crippen LogP contribution in [0.3, 0.4) is 0 Å². The minimum atomic E-state index is 0.566. The Bertz CT molecular complexity index is 579. The van der Waals surface area contributed by atoms with Gasteiger partial charge in [-0.15, -0.1) is 0 Å². The van der Waals surface area contributed by atoms with Crippen LogP contribution in [0.25, 0.3) is 0 Å². The van der Waals surface area contributed by atoms with Crippen molar-refractivity contribution in [2.24, 2.45) is 10.1 Å². The summed E-state index contributed by atoms with van der Waals surface area (Å²) in [6, 6.07) is 0.566. The molecule has 2 fully saturated rings. The molecule has 0 atom stereocenters. The lowest BCUT2D eigenvalue weighted by Gasteiger charge is -2.37. The lowest BCUT2D eigenvalue weighted by Crippen LogP contribution is -2.51. The summed E-state index contributed by atoms with van der Waals surface area (Å²) in [5, 5.41) is 15.3. The van der Waals surface area contributed by atoms with E-state index in [-0.39, 0.29) is 0 Å². The van der Waals surface area contributed by atoms with Gasteiger partial charge in [0.25, 0.3) is 0 Å². The molecule has 28 heavy (non-hydrogen) atoms. The van der Waals surface area contributed by atoms with E-state index in [4.69, 9.17) is 5.41 Å². The zero-order chi connectivity index (χ0) is 20.2. The molecular weight excluding hydrogens is 352 g/mol. The van der Waals surface area contributed by atoms with Crippen LogP contribution in [0.4, 0.5) is 0 Å². The van der Waals surface area contributed by atoms with Gasteiger partial charge in [0.05, 0.1) is 11.9 Å². The molecule has 0 amide bonds. The van der Waals surface area contributed by atoms with Crippen molar-refractivity contribution in [2.45, 2.75) is 33.2 Å². The fourth-order valence-electron chi connectivity index (χ4n) is 3.21. The van der Waals surface area contributed by atoms with Crippen LogP contribution >= 0.6 is 0 Å². The van der Waals surface area contributed by atoms with Crippen molar-refractivity contribution in [3.8, 4) is 0 Å². The fraction of sp³-hybridized carbons (Fsp3) is 0.650. The number of piperazine rings is 2. The number of hydrogen-bond acceptors (Lipinski definition) is 7. The highest BCUT2D eigenvalue weighted by Gasteiger charge is 2.20. The minimum Gasteiger partial charge on any atom is -0.375 e. The predicted molar refractivity (Wildman–Crippen MR) is 118 cm³/mol. The van der Waals surface area contributed by atoms with Gasteiger partial charge in [-0.1, -0.05) is 6.92 Å². The van der Waals surface area contributed by atoms with Gasteiger partial charge in [0.2, 0.25) is 0 Å². The quantitative estimate of drug-likeness (QED) is 0.332. The molecule has 8 nitrogen and oxygen atoms in total. The summed E-state index contributed by atoms with van der Waals surface area (Å²) in [7, 11) is 0. The predicted octanol–water partition coefficient (Wildman–Crippen LogP) is 1.31. The van der Waals surface area contributed by atoms with E-state index >= 15 is 0 Å². The van der Waals surface area contributed by atoms with Gasteiger partial charge in [0.15, 0.2) is 0 Å². The normalized spacial score (nSPS) is 20.6. The Hall–Kier alpha value is -2.19. The molecule has 0 aliphatic carbocycles. The first kappa shape index (κ1) is 22.1. The molecule has 0 aromatic carbocycles. The summed E-state index contributed by atoms with van der Waals surface area (Å²) in [4.78, 5) is 11.6. The van der Waals surface area contributed by atoms with Crippen molar-refractivity contribution in [1.29, 1.82) is 5.41 Å². The summed E-state index contributed by atoms with van der Waals surface area (Å²) in [6.45, 7) is 14.5. The first-order valence-corrected chi connectivity index (χ1v) is 10.3. The molecule has 2 heterocycles. The second-order valence-corrected chi connectivity index (χ2v) is 7.26. The zero-order valence-electron chi connectivity index (χ0n) is 17.6. The Morgan fingerprint density at radius 2 is 1.86 bits per heavy atom. The van der Waals surface area contributed by atoms with Crippen molar-refractivity contribution < 1.29 is 0 Å². The lowest BCUT2D eigenvalue weighted by molar-refractivity contribution is 0.150. The molecule has 2 rings (SSSR count).